The van der Waals surface area contributed by atoms with Gasteiger partial charge < -0.3 is 14.6 Å². The molecule has 26 heavy (non-hydrogen) atoms. The summed E-state index contributed by atoms with van der Waals surface area (Å²) < 4.78 is 11.0. The first-order valence-corrected chi connectivity index (χ1v) is 9.13. The molecule has 3 aromatic rings. The number of hydrogen-bond donors (Lipinski definition) is 1. The van der Waals surface area contributed by atoms with Crippen LogP contribution in [0.3, 0.4) is 0 Å². The van der Waals surface area contributed by atoms with Crippen LogP contribution < -0.4 is 9.47 Å². The molecule has 1 aliphatic carbocycles. The van der Waals surface area contributed by atoms with Crippen LogP contribution in [-0.2, 0) is 5.41 Å². The third-order valence-electron chi connectivity index (χ3n) is 6.05. The van der Waals surface area contributed by atoms with Gasteiger partial charge in [0.25, 0.3) is 0 Å². The lowest BCUT2D eigenvalue weighted by molar-refractivity contribution is 0.355. The second-order valence-electron chi connectivity index (χ2n) is 6.91. The zero-order valence-corrected chi connectivity index (χ0v) is 15.7. The zero-order chi connectivity index (χ0) is 18.5. The van der Waals surface area contributed by atoms with Gasteiger partial charge in [0.1, 0.15) is 5.75 Å². The van der Waals surface area contributed by atoms with Gasteiger partial charge in [0.2, 0.25) is 0 Å². The molecule has 1 aliphatic rings. The van der Waals surface area contributed by atoms with Crippen molar-refractivity contribution >= 4 is 10.8 Å². The molecule has 0 amide bonds. The number of fused-ring (bicyclic) bond motifs is 5. The highest BCUT2D eigenvalue weighted by molar-refractivity contribution is 6.06. The van der Waals surface area contributed by atoms with E-state index in [4.69, 9.17) is 9.47 Å². The molecule has 4 rings (SSSR count). The van der Waals surface area contributed by atoms with Crippen LogP contribution in [0.5, 0.6) is 17.2 Å². The summed E-state index contributed by atoms with van der Waals surface area (Å²) in [6, 6.07) is 14.4. The van der Waals surface area contributed by atoms with Crippen molar-refractivity contribution < 1.29 is 14.6 Å². The first-order valence-electron chi connectivity index (χ1n) is 9.13. The Morgan fingerprint density at radius 2 is 1.46 bits per heavy atom. The number of phenols is 1. The first-order chi connectivity index (χ1) is 12.6. The summed E-state index contributed by atoms with van der Waals surface area (Å²) in [4.78, 5) is 0. The van der Waals surface area contributed by atoms with E-state index >= 15 is 0 Å². The smallest absolute Gasteiger partial charge is 0.161 e. The monoisotopic (exact) mass is 348 g/mol. The molecule has 0 unspecified atom stereocenters. The minimum absolute atomic E-state index is 0.0647. The van der Waals surface area contributed by atoms with Crippen molar-refractivity contribution in [1.82, 2.24) is 0 Å². The van der Waals surface area contributed by atoms with Crippen molar-refractivity contribution in [1.29, 1.82) is 0 Å². The van der Waals surface area contributed by atoms with E-state index in [1.807, 2.05) is 18.2 Å². The van der Waals surface area contributed by atoms with Crippen LogP contribution in [0.25, 0.3) is 21.9 Å². The predicted octanol–water partition coefficient (Wildman–Crippen LogP) is 5.65. The van der Waals surface area contributed by atoms with E-state index in [0.717, 1.165) is 23.6 Å². The molecule has 0 saturated carbocycles. The summed E-state index contributed by atoms with van der Waals surface area (Å²) in [7, 11) is 3.26. The van der Waals surface area contributed by atoms with E-state index < -0.39 is 0 Å². The third-order valence-corrected chi connectivity index (χ3v) is 6.05. The average molecular weight is 348 g/mol. The molecule has 0 fully saturated rings. The fraction of sp³-hybridized carbons (Fsp3) is 0.304. The van der Waals surface area contributed by atoms with Crippen LogP contribution in [-0.4, -0.2) is 19.3 Å². The summed E-state index contributed by atoms with van der Waals surface area (Å²) in [6.07, 6.45) is 1.98. The molecule has 0 saturated heterocycles. The first kappa shape index (κ1) is 16.8. The standard InChI is InChI=1S/C23H24O3/c1-5-23(6-2)17-10-8-7-9-14(17)22-16-12-21(26-4)20(25-3)11-15(16)19(24)13-18(22)23/h7-13,24H,5-6H2,1-4H3. The molecule has 0 radical (unpaired) electrons. The van der Waals surface area contributed by atoms with Crippen LogP contribution >= 0.6 is 0 Å². The summed E-state index contributed by atoms with van der Waals surface area (Å²) in [6.45, 7) is 4.45. The highest BCUT2D eigenvalue weighted by Crippen LogP contribution is 2.56. The quantitative estimate of drug-likeness (QED) is 0.662. The van der Waals surface area contributed by atoms with Crippen LogP contribution in [0.2, 0.25) is 0 Å². The van der Waals surface area contributed by atoms with Gasteiger partial charge in [-0.3, -0.25) is 0 Å². The minimum atomic E-state index is -0.0647. The van der Waals surface area contributed by atoms with Crippen molar-refractivity contribution in [2.24, 2.45) is 0 Å². The molecule has 0 heterocycles. The molecule has 3 aromatic carbocycles. The largest absolute Gasteiger partial charge is 0.507 e. The Balaban J connectivity index is 2.18. The van der Waals surface area contributed by atoms with Crippen LogP contribution in [0.15, 0.2) is 42.5 Å². The fourth-order valence-electron chi connectivity index (χ4n) is 4.67. The maximum absolute atomic E-state index is 10.8. The second kappa shape index (κ2) is 5.94. The number of benzene rings is 3. The molecule has 0 bridgehead atoms. The molecular formula is C23H24O3. The summed E-state index contributed by atoms with van der Waals surface area (Å²) >= 11 is 0. The highest BCUT2D eigenvalue weighted by atomic mass is 16.5. The zero-order valence-electron chi connectivity index (χ0n) is 15.7. The molecule has 3 nitrogen and oxygen atoms in total. The second-order valence-corrected chi connectivity index (χ2v) is 6.91. The lowest BCUT2D eigenvalue weighted by atomic mass is 9.73. The van der Waals surface area contributed by atoms with Crippen molar-refractivity contribution in [3.05, 3.63) is 53.6 Å². The molecule has 0 aliphatic heterocycles. The Hall–Kier alpha value is -2.68. The van der Waals surface area contributed by atoms with Crippen molar-refractivity contribution in [2.45, 2.75) is 32.1 Å². The Labute approximate surface area is 154 Å². The normalized spacial score (nSPS) is 14.2. The third kappa shape index (κ3) is 2.00. The minimum Gasteiger partial charge on any atom is -0.507 e. The van der Waals surface area contributed by atoms with Crippen LogP contribution in [0.4, 0.5) is 0 Å². The van der Waals surface area contributed by atoms with Gasteiger partial charge in [-0.15, -0.1) is 0 Å². The van der Waals surface area contributed by atoms with Crippen molar-refractivity contribution in [3.8, 4) is 28.4 Å². The highest BCUT2D eigenvalue weighted by Gasteiger charge is 2.41. The van der Waals surface area contributed by atoms with Gasteiger partial charge in [0.05, 0.1) is 14.2 Å². The topological polar surface area (TPSA) is 38.7 Å². The number of phenolic OH excluding ortho intramolecular Hbond substituents is 1. The summed E-state index contributed by atoms with van der Waals surface area (Å²) in [5.74, 6) is 1.59. The number of hydrogen-bond acceptors (Lipinski definition) is 3. The number of rotatable bonds is 4. The SMILES string of the molecule is CCC1(CC)c2ccccc2-c2c1cc(O)c1cc(OC)c(OC)cc21. The Bertz CT molecular complexity index is 1000. The van der Waals surface area contributed by atoms with Gasteiger partial charge in [-0.05, 0) is 58.7 Å². The number of aromatic hydroxyl groups is 1. The van der Waals surface area contributed by atoms with E-state index in [0.29, 0.717) is 17.2 Å². The average Bonchev–Trinajstić information content (AvgIpc) is 2.97. The molecule has 0 aromatic heterocycles. The lowest BCUT2D eigenvalue weighted by Crippen LogP contribution is -2.22. The van der Waals surface area contributed by atoms with E-state index in [2.05, 4.69) is 38.1 Å². The van der Waals surface area contributed by atoms with Gasteiger partial charge >= 0.3 is 0 Å². The van der Waals surface area contributed by atoms with Gasteiger partial charge in [0, 0.05) is 10.8 Å². The molecule has 0 atom stereocenters. The fourth-order valence-corrected chi connectivity index (χ4v) is 4.67. The Kier molecular flexibility index (Phi) is 3.83. The molecule has 0 spiro atoms. The van der Waals surface area contributed by atoms with E-state index in [1.54, 1.807) is 14.2 Å². The van der Waals surface area contributed by atoms with E-state index in [-0.39, 0.29) is 5.41 Å². The Morgan fingerprint density at radius 3 is 2.08 bits per heavy atom. The maximum atomic E-state index is 10.8. The molecule has 3 heteroatoms. The van der Waals surface area contributed by atoms with Gasteiger partial charge in [-0.2, -0.15) is 0 Å². The number of ether oxygens (including phenoxy) is 2. The number of methoxy groups -OCH3 is 2. The molecular weight excluding hydrogens is 324 g/mol. The van der Waals surface area contributed by atoms with E-state index in [1.165, 1.54) is 22.3 Å². The molecule has 134 valence electrons. The summed E-state index contributed by atoms with van der Waals surface area (Å²) in [5, 5.41) is 12.6. The lowest BCUT2D eigenvalue weighted by Gasteiger charge is -2.29. The van der Waals surface area contributed by atoms with Gasteiger partial charge in [-0.25, -0.2) is 0 Å². The van der Waals surface area contributed by atoms with Gasteiger partial charge in [0.15, 0.2) is 11.5 Å². The van der Waals surface area contributed by atoms with Crippen LogP contribution in [0, 0.1) is 0 Å². The van der Waals surface area contributed by atoms with E-state index in [9.17, 15) is 5.11 Å². The maximum Gasteiger partial charge on any atom is 0.161 e. The van der Waals surface area contributed by atoms with Crippen molar-refractivity contribution in [3.63, 3.8) is 0 Å². The Morgan fingerprint density at radius 1 is 0.846 bits per heavy atom. The predicted molar refractivity (Wildman–Crippen MR) is 106 cm³/mol. The van der Waals surface area contributed by atoms with Crippen LogP contribution in [0.1, 0.15) is 37.8 Å². The summed E-state index contributed by atoms with van der Waals surface area (Å²) in [5.41, 5.74) is 4.95. The molecule has 1 N–H and O–H groups in total. The van der Waals surface area contributed by atoms with Gasteiger partial charge in [-0.1, -0.05) is 38.1 Å². The van der Waals surface area contributed by atoms with Crippen molar-refractivity contribution in [2.75, 3.05) is 14.2 Å².